The second-order valence-electron chi connectivity index (χ2n) is 6.99. The Morgan fingerprint density at radius 1 is 1.20 bits per heavy atom. The first-order chi connectivity index (χ1) is 12.0. The van der Waals surface area contributed by atoms with Crippen LogP contribution in [0.15, 0.2) is 24.3 Å². The standard InChI is InChI=1S/C20H27N3O2/c1-4-16(24)13-22-7-9-23(10-8-22)20(25)18-12-15(3)21-19-6-5-14(2)11-17(18)19/h5-6,11-12,16,24H,4,7-10,13H2,1-3H3/t16-/m1/s1. The number of hydrogen-bond donors (Lipinski definition) is 1. The summed E-state index contributed by atoms with van der Waals surface area (Å²) in [5.41, 5.74) is 3.61. The molecule has 1 saturated heterocycles. The minimum Gasteiger partial charge on any atom is -0.392 e. The van der Waals surface area contributed by atoms with Gasteiger partial charge in [0.1, 0.15) is 0 Å². The largest absolute Gasteiger partial charge is 0.392 e. The summed E-state index contributed by atoms with van der Waals surface area (Å²) in [7, 11) is 0. The number of hydrogen-bond acceptors (Lipinski definition) is 4. The molecule has 5 nitrogen and oxygen atoms in total. The number of rotatable bonds is 4. The van der Waals surface area contributed by atoms with E-state index in [4.69, 9.17) is 0 Å². The third-order valence-corrected chi connectivity index (χ3v) is 4.92. The molecule has 2 aromatic rings. The summed E-state index contributed by atoms with van der Waals surface area (Å²) in [4.78, 5) is 21.8. The normalized spacial score (nSPS) is 17.0. The Hall–Kier alpha value is -1.98. The second kappa shape index (κ2) is 7.50. The van der Waals surface area contributed by atoms with Gasteiger partial charge >= 0.3 is 0 Å². The zero-order valence-corrected chi connectivity index (χ0v) is 15.3. The Morgan fingerprint density at radius 3 is 2.60 bits per heavy atom. The molecule has 134 valence electrons. The number of nitrogens with zero attached hydrogens (tertiary/aromatic N) is 3. The van der Waals surface area contributed by atoms with E-state index in [1.54, 1.807) is 0 Å². The van der Waals surface area contributed by atoms with E-state index in [-0.39, 0.29) is 12.0 Å². The average Bonchev–Trinajstić information content (AvgIpc) is 2.61. The molecule has 1 aliphatic heterocycles. The fraction of sp³-hybridized carbons (Fsp3) is 0.500. The van der Waals surface area contributed by atoms with Gasteiger partial charge in [-0.05, 0) is 38.5 Å². The molecule has 1 amide bonds. The third kappa shape index (κ3) is 3.99. The summed E-state index contributed by atoms with van der Waals surface area (Å²) < 4.78 is 0. The van der Waals surface area contributed by atoms with Crippen LogP contribution in [0.1, 0.15) is 35.0 Å². The number of benzene rings is 1. The first-order valence-corrected chi connectivity index (χ1v) is 9.05. The van der Waals surface area contributed by atoms with Crippen molar-refractivity contribution in [3.63, 3.8) is 0 Å². The molecule has 0 radical (unpaired) electrons. The van der Waals surface area contributed by atoms with Gasteiger partial charge in [0.15, 0.2) is 0 Å². The Balaban J connectivity index is 1.78. The molecule has 1 aromatic carbocycles. The minimum absolute atomic E-state index is 0.0804. The van der Waals surface area contributed by atoms with Crippen LogP contribution in [0.2, 0.25) is 0 Å². The van der Waals surface area contributed by atoms with Crippen LogP contribution in [0, 0.1) is 13.8 Å². The molecule has 25 heavy (non-hydrogen) atoms. The van der Waals surface area contributed by atoms with Gasteiger partial charge in [0.05, 0.1) is 17.2 Å². The molecule has 0 unspecified atom stereocenters. The van der Waals surface area contributed by atoms with Crippen LogP contribution in [-0.2, 0) is 0 Å². The van der Waals surface area contributed by atoms with Crippen molar-refractivity contribution in [1.29, 1.82) is 0 Å². The van der Waals surface area contributed by atoms with Gasteiger partial charge in [0, 0.05) is 43.8 Å². The maximum absolute atomic E-state index is 13.1. The number of piperazine rings is 1. The molecule has 1 aromatic heterocycles. The molecule has 1 fully saturated rings. The molecule has 0 aliphatic carbocycles. The molecule has 0 saturated carbocycles. The molecule has 3 rings (SSSR count). The van der Waals surface area contributed by atoms with Crippen LogP contribution in [0.4, 0.5) is 0 Å². The lowest BCUT2D eigenvalue weighted by Gasteiger charge is -2.35. The number of carbonyl (C=O) groups excluding carboxylic acids is 1. The SMILES string of the molecule is CC[C@@H](O)CN1CCN(C(=O)c2cc(C)nc3ccc(C)cc23)CC1. The average molecular weight is 341 g/mol. The number of carbonyl (C=O) groups is 1. The highest BCUT2D eigenvalue weighted by atomic mass is 16.3. The summed E-state index contributed by atoms with van der Waals surface area (Å²) in [6.45, 7) is 9.66. The van der Waals surface area contributed by atoms with E-state index >= 15 is 0 Å². The molecule has 2 heterocycles. The second-order valence-corrected chi connectivity index (χ2v) is 6.99. The molecule has 1 N–H and O–H groups in total. The van der Waals surface area contributed by atoms with E-state index in [1.807, 2.05) is 49.9 Å². The monoisotopic (exact) mass is 341 g/mol. The number of aromatic nitrogens is 1. The first-order valence-electron chi connectivity index (χ1n) is 9.05. The van der Waals surface area contributed by atoms with Crippen molar-refractivity contribution < 1.29 is 9.90 Å². The van der Waals surface area contributed by atoms with Crippen molar-refractivity contribution in [2.24, 2.45) is 0 Å². The molecule has 0 bridgehead atoms. The van der Waals surface area contributed by atoms with Crippen LogP contribution in [0.25, 0.3) is 10.9 Å². The molecule has 1 aliphatic rings. The van der Waals surface area contributed by atoms with Crippen molar-refractivity contribution in [3.8, 4) is 0 Å². The van der Waals surface area contributed by atoms with Crippen LogP contribution in [-0.4, -0.2) is 64.6 Å². The topological polar surface area (TPSA) is 56.7 Å². The zero-order chi connectivity index (χ0) is 18.0. The van der Waals surface area contributed by atoms with Crippen molar-refractivity contribution in [2.45, 2.75) is 33.3 Å². The van der Waals surface area contributed by atoms with Crippen LogP contribution >= 0.6 is 0 Å². The zero-order valence-electron chi connectivity index (χ0n) is 15.3. The molecule has 5 heteroatoms. The number of aliphatic hydroxyl groups excluding tert-OH is 1. The van der Waals surface area contributed by atoms with Gasteiger partial charge in [0.2, 0.25) is 0 Å². The van der Waals surface area contributed by atoms with Gasteiger partial charge in [0.25, 0.3) is 5.91 Å². The summed E-state index contributed by atoms with van der Waals surface area (Å²) in [6, 6.07) is 7.96. The lowest BCUT2D eigenvalue weighted by molar-refractivity contribution is 0.0525. The Kier molecular flexibility index (Phi) is 5.35. The van der Waals surface area contributed by atoms with E-state index in [2.05, 4.69) is 9.88 Å². The van der Waals surface area contributed by atoms with E-state index in [0.29, 0.717) is 19.6 Å². The minimum atomic E-state index is -0.281. The van der Waals surface area contributed by atoms with E-state index < -0.39 is 0 Å². The molecule has 1 atom stereocenters. The molecular weight excluding hydrogens is 314 g/mol. The highest BCUT2D eigenvalue weighted by Crippen LogP contribution is 2.22. The molecular formula is C20H27N3O2. The van der Waals surface area contributed by atoms with Crippen molar-refractivity contribution in [3.05, 3.63) is 41.1 Å². The predicted molar refractivity (Wildman–Crippen MR) is 99.9 cm³/mol. The number of aliphatic hydroxyl groups is 1. The van der Waals surface area contributed by atoms with E-state index in [9.17, 15) is 9.90 Å². The maximum Gasteiger partial charge on any atom is 0.254 e. The van der Waals surface area contributed by atoms with E-state index in [0.717, 1.165) is 47.2 Å². The molecule has 0 spiro atoms. The lowest BCUT2D eigenvalue weighted by Crippen LogP contribution is -2.50. The van der Waals surface area contributed by atoms with Gasteiger partial charge in [-0.25, -0.2) is 0 Å². The Labute approximate surface area is 149 Å². The number of pyridine rings is 1. The number of aryl methyl sites for hydroxylation is 2. The van der Waals surface area contributed by atoms with Gasteiger partial charge in [-0.15, -0.1) is 0 Å². The number of fused-ring (bicyclic) bond motifs is 1. The fourth-order valence-electron chi connectivity index (χ4n) is 3.38. The summed E-state index contributed by atoms with van der Waals surface area (Å²) in [6.07, 6.45) is 0.484. The smallest absolute Gasteiger partial charge is 0.254 e. The summed E-state index contributed by atoms with van der Waals surface area (Å²) >= 11 is 0. The summed E-state index contributed by atoms with van der Waals surface area (Å²) in [5, 5.41) is 10.7. The highest BCUT2D eigenvalue weighted by Gasteiger charge is 2.24. The van der Waals surface area contributed by atoms with Crippen molar-refractivity contribution in [2.75, 3.05) is 32.7 Å². The van der Waals surface area contributed by atoms with Gasteiger partial charge < -0.3 is 10.0 Å². The van der Waals surface area contributed by atoms with Crippen molar-refractivity contribution in [1.82, 2.24) is 14.8 Å². The van der Waals surface area contributed by atoms with Crippen LogP contribution < -0.4 is 0 Å². The Morgan fingerprint density at radius 2 is 1.92 bits per heavy atom. The number of amides is 1. The van der Waals surface area contributed by atoms with Gasteiger partial charge in [-0.1, -0.05) is 18.6 Å². The van der Waals surface area contributed by atoms with Crippen molar-refractivity contribution >= 4 is 16.8 Å². The van der Waals surface area contributed by atoms with Gasteiger partial charge in [-0.3, -0.25) is 14.7 Å². The number of β-amino-alcohol motifs (C(OH)–C–C–N with tert-alkyl or cyclic N) is 1. The lowest BCUT2D eigenvalue weighted by atomic mass is 10.0. The Bertz CT molecular complexity index is 767. The quantitative estimate of drug-likeness (QED) is 0.928. The van der Waals surface area contributed by atoms with Crippen LogP contribution in [0.5, 0.6) is 0 Å². The van der Waals surface area contributed by atoms with Crippen LogP contribution in [0.3, 0.4) is 0 Å². The van der Waals surface area contributed by atoms with E-state index in [1.165, 1.54) is 0 Å². The summed E-state index contributed by atoms with van der Waals surface area (Å²) in [5.74, 6) is 0.0804. The highest BCUT2D eigenvalue weighted by molar-refractivity contribution is 6.06. The predicted octanol–water partition coefficient (Wildman–Crippen LogP) is 2.38. The first kappa shape index (κ1) is 17.8. The van der Waals surface area contributed by atoms with Gasteiger partial charge in [-0.2, -0.15) is 0 Å². The third-order valence-electron chi connectivity index (χ3n) is 4.92. The maximum atomic E-state index is 13.1. The fourth-order valence-corrected chi connectivity index (χ4v) is 3.38.